The first kappa shape index (κ1) is 32.2. The van der Waals surface area contributed by atoms with Gasteiger partial charge in [0, 0.05) is 48.3 Å². The van der Waals surface area contributed by atoms with E-state index in [0.717, 1.165) is 41.7 Å². The average molecular weight is 641 g/mol. The number of amides is 2. The highest BCUT2D eigenvalue weighted by Crippen LogP contribution is 2.37. The lowest BCUT2D eigenvalue weighted by Gasteiger charge is -2.22. The zero-order valence-electron chi connectivity index (χ0n) is 27.1. The number of hydrogen-bond donors (Lipinski definition) is 2. The maximum absolute atomic E-state index is 13.5. The van der Waals surface area contributed by atoms with E-state index in [1.165, 1.54) is 7.11 Å². The van der Waals surface area contributed by atoms with Crippen LogP contribution in [-0.2, 0) is 14.3 Å². The molecule has 246 valence electrons. The van der Waals surface area contributed by atoms with Crippen LogP contribution in [0, 0.1) is 5.92 Å². The number of pyridine rings is 2. The molecule has 2 aromatic carbocycles. The smallest absolute Gasteiger partial charge is 0.407 e. The number of nitrogens with one attached hydrogen (secondary N) is 2. The van der Waals surface area contributed by atoms with Gasteiger partial charge in [0.2, 0.25) is 0 Å². The zero-order chi connectivity index (χ0) is 33.0. The molecule has 47 heavy (non-hydrogen) atoms. The quantitative estimate of drug-likeness (QED) is 0.188. The van der Waals surface area contributed by atoms with Crippen molar-refractivity contribution in [3.8, 4) is 33.9 Å². The van der Waals surface area contributed by atoms with Crippen LogP contribution in [0.2, 0.25) is 0 Å². The largest absolute Gasteiger partial charge is 0.494 e. The standard InChI is InChI=1S/C36H40N4O7/c1-36(2,3)46-35(42)39-29-19-25(29)21-45-26-14-12-23(13-15-26)22-8-10-24(11-9-22)32-33(43-4)31(27-20-37-17-16-28(27)38-32)34(41)40-47-30-7-5-6-18-44-30/h8-17,20,25,29-30H,5-7,18-19,21H2,1-4H3,(H,39,42)(H,40,41). The van der Waals surface area contributed by atoms with E-state index in [1.54, 1.807) is 18.5 Å². The van der Waals surface area contributed by atoms with Gasteiger partial charge in [-0.05, 0) is 69.4 Å². The van der Waals surface area contributed by atoms with E-state index in [0.29, 0.717) is 42.0 Å². The van der Waals surface area contributed by atoms with Gasteiger partial charge in [0.05, 0.1) is 24.8 Å². The van der Waals surface area contributed by atoms with Crippen molar-refractivity contribution >= 4 is 22.9 Å². The number of alkyl carbamates (subject to hydrolysis) is 1. The summed E-state index contributed by atoms with van der Waals surface area (Å²) in [4.78, 5) is 40.1. The molecule has 2 fully saturated rings. The summed E-state index contributed by atoms with van der Waals surface area (Å²) in [5, 5.41) is 3.45. The molecule has 11 nitrogen and oxygen atoms in total. The third kappa shape index (κ3) is 7.98. The van der Waals surface area contributed by atoms with E-state index >= 15 is 0 Å². The molecule has 2 aliphatic rings. The summed E-state index contributed by atoms with van der Waals surface area (Å²) in [6.45, 7) is 6.66. The van der Waals surface area contributed by atoms with E-state index in [4.69, 9.17) is 28.8 Å². The molecule has 11 heteroatoms. The molecular formula is C36H40N4O7. The first-order valence-corrected chi connectivity index (χ1v) is 15.9. The highest BCUT2D eigenvalue weighted by atomic mass is 16.8. The van der Waals surface area contributed by atoms with Crippen molar-refractivity contribution < 1.29 is 33.4 Å². The molecule has 1 aliphatic carbocycles. The van der Waals surface area contributed by atoms with Crippen LogP contribution < -0.4 is 20.3 Å². The van der Waals surface area contributed by atoms with Gasteiger partial charge in [-0.15, -0.1) is 0 Å². The van der Waals surface area contributed by atoms with Gasteiger partial charge in [0.1, 0.15) is 17.0 Å². The Bertz CT molecular complexity index is 1710. The monoisotopic (exact) mass is 640 g/mol. The molecule has 0 radical (unpaired) electrons. The van der Waals surface area contributed by atoms with Gasteiger partial charge in [-0.3, -0.25) is 9.78 Å². The number of nitrogens with zero attached hydrogens (tertiary/aromatic N) is 2. The number of fused-ring (bicyclic) bond motifs is 1. The van der Waals surface area contributed by atoms with Crippen LogP contribution >= 0.6 is 0 Å². The Balaban J connectivity index is 1.13. The Labute approximate surface area is 273 Å². The lowest BCUT2D eigenvalue weighted by atomic mass is 10.00. The molecule has 3 heterocycles. The number of hydroxylamine groups is 1. The number of hydrogen-bond acceptors (Lipinski definition) is 9. The summed E-state index contributed by atoms with van der Waals surface area (Å²) >= 11 is 0. The Hall–Kier alpha value is -4.74. The maximum Gasteiger partial charge on any atom is 0.407 e. The Kier molecular flexibility index (Phi) is 9.55. The molecule has 4 aromatic rings. The molecule has 3 atom stereocenters. The van der Waals surface area contributed by atoms with Crippen molar-refractivity contribution in [1.29, 1.82) is 0 Å². The van der Waals surface area contributed by atoms with Crippen molar-refractivity contribution in [2.45, 2.75) is 64.4 Å². The molecule has 0 bridgehead atoms. The van der Waals surface area contributed by atoms with Crippen LogP contribution in [-0.4, -0.2) is 60.2 Å². The van der Waals surface area contributed by atoms with Crippen LogP contribution in [0.4, 0.5) is 4.79 Å². The topological polar surface area (TPSA) is 130 Å². The Morgan fingerprint density at radius 3 is 2.38 bits per heavy atom. The van der Waals surface area contributed by atoms with E-state index in [-0.39, 0.29) is 17.5 Å². The number of aromatic nitrogens is 2. The predicted octanol–water partition coefficient (Wildman–Crippen LogP) is 6.45. The second-order valence-electron chi connectivity index (χ2n) is 12.8. The van der Waals surface area contributed by atoms with Crippen molar-refractivity contribution in [2.24, 2.45) is 5.92 Å². The molecule has 1 saturated carbocycles. The van der Waals surface area contributed by atoms with Gasteiger partial charge in [-0.1, -0.05) is 36.4 Å². The number of benzene rings is 2. The van der Waals surface area contributed by atoms with Crippen LogP contribution in [0.1, 0.15) is 56.8 Å². The number of carbonyl (C=O) groups is 2. The Morgan fingerprint density at radius 1 is 0.979 bits per heavy atom. The minimum Gasteiger partial charge on any atom is -0.494 e. The third-order valence-corrected chi connectivity index (χ3v) is 8.03. The summed E-state index contributed by atoms with van der Waals surface area (Å²) < 4.78 is 22.7. The van der Waals surface area contributed by atoms with Crippen LogP contribution in [0.25, 0.3) is 33.3 Å². The van der Waals surface area contributed by atoms with Crippen molar-refractivity contribution in [1.82, 2.24) is 20.8 Å². The van der Waals surface area contributed by atoms with Gasteiger partial charge in [0.15, 0.2) is 12.0 Å². The van der Waals surface area contributed by atoms with Crippen LogP contribution in [0.5, 0.6) is 11.5 Å². The summed E-state index contributed by atoms with van der Waals surface area (Å²) in [5.74, 6) is 0.882. The van der Waals surface area contributed by atoms with Gasteiger partial charge in [-0.2, -0.15) is 0 Å². The SMILES string of the molecule is COc1c(-c2ccc(-c3ccc(OCC4CC4NC(=O)OC(C)(C)C)cc3)cc2)nc2ccncc2c1C(=O)NOC1CCCCO1. The highest BCUT2D eigenvalue weighted by molar-refractivity contribution is 6.09. The second kappa shape index (κ2) is 13.9. The van der Waals surface area contributed by atoms with E-state index < -0.39 is 23.9 Å². The highest BCUT2D eigenvalue weighted by Gasteiger charge is 2.40. The predicted molar refractivity (Wildman–Crippen MR) is 176 cm³/mol. The minimum atomic E-state index is -0.521. The van der Waals surface area contributed by atoms with E-state index in [1.807, 2.05) is 69.3 Å². The molecular weight excluding hydrogens is 600 g/mol. The molecule has 2 amide bonds. The molecule has 3 unspecified atom stereocenters. The number of carbonyl (C=O) groups excluding carboxylic acids is 2. The number of ether oxygens (including phenoxy) is 4. The van der Waals surface area contributed by atoms with Gasteiger partial charge in [0.25, 0.3) is 5.91 Å². The molecule has 0 spiro atoms. The van der Waals surface area contributed by atoms with E-state index in [9.17, 15) is 9.59 Å². The second-order valence-corrected chi connectivity index (χ2v) is 12.8. The zero-order valence-corrected chi connectivity index (χ0v) is 27.1. The average Bonchev–Trinajstić information content (AvgIpc) is 3.82. The fraction of sp³-hybridized carbons (Fsp3) is 0.389. The fourth-order valence-electron chi connectivity index (χ4n) is 5.52. The Morgan fingerprint density at radius 2 is 1.70 bits per heavy atom. The maximum atomic E-state index is 13.5. The summed E-state index contributed by atoms with van der Waals surface area (Å²) in [5.41, 5.74) is 6.26. The van der Waals surface area contributed by atoms with Crippen LogP contribution in [0.3, 0.4) is 0 Å². The number of rotatable bonds is 10. The summed E-state index contributed by atoms with van der Waals surface area (Å²) in [7, 11) is 1.52. The molecule has 6 rings (SSSR count). The lowest BCUT2D eigenvalue weighted by Crippen LogP contribution is -2.34. The fourth-order valence-corrected chi connectivity index (χ4v) is 5.52. The summed E-state index contributed by atoms with van der Waals surface area (Å²) in [6.07, 6.45) is 5.88. The first-order chi connectivity index (χ1) is 22.7. The normalized spacial score (nSPS) is 19.1. The van der Waals surface area contributed by atoms with E-state index in [2.05, 4.69) is 15.8 Å². The van der Waals surface area contributed by atoms with Gasteiger partial charge < -0.3 is 24.3 Å². The molecule has 2 aromatic heterocycles. The van der Waals surface area contributed by atoms with Crippen molar-refractivity contribution in [3.05, 3.63) is 72.6 Å². The molecule has 1 saturated heterocycles. The number of methoxy groups -OCH3 is 1. The van der Waals surface area contributed by atoms with Crippen molar-refractivity contribution in [2.75, 3.05) is 20.3 Å². The van der Waals surface area contributed by atoms with Gasteiger partial charge in [-0.25, -0.2) is 20.1 Å². The van der Waals surface area contributed by atoms with Gasteiger partial charge >= 0.3 is 6.09 Å². The van der Waals surface area contributed by atoms with Crippen molar-refractivity contribution in [3.63, 3.8) is 0 Å². The third-order valence-electron chi connectivity index (χ3n) is 8.03. The molecule has 2 N–H and O–H groups in total. The first-order valence-electron chi connectivity index (χ1n) is 15.9. The lowest BCUT2D eigenvalue weighted by molar-refractivity contribution is -0.186. The van der Waals surface area contributed by atoms with Crippen LogP contribution in [0.15, 0.2) is 67.0 Å². The molecule has 1 aliphatic heterocycles. The minimum absolute atomic E-state index is 0.0740. The summed E-state index contributed by atoms with van der Waals surface area (Å²) in [6, 6.07) is 17.6.